The van der Waals surface area contributed by atoms with Crippen LogP contribution in [0.3, 0.4) is 0 Å². The third-order valence-electron chi connectivity index (χ3n) is 4.43. The van der Waals surface area contributed by atoms with E-state index in [-0.39, 0.29) is 11.8 Å². The van der Waals surface area contributed by atoms with Gasteiger partial charge in [-0.2, -0.15) is 0 Å². The molecule has 0 radical (unpaired) electrons. The van der Waals surface area contributed by atoms with Crippen molar-refractivity contribution in [2.75, 3.05) is 26.0 Å². The number of anilines is 1. The van der Waals surface area contributed by atoms with E-state index in [2.05, 4.69) is 5.32 Å². The molecular formula is C24H31N3O4. The maximum Gasteiger partial charge on any atom is 0.412 e. The van der Waals surface area contributed by atoms with Gasteiger partial charge in [-0.05, 0) is 69.7 Å². The van der Waals surface area contributed by atoms with Crippen molar-refractivity contribution in [2.24, 2.45) is 0 Å². The van der Waals surface area contributed by atoms with Crippen LogP contribution in [0.2, 0.25) is 0 Å². The van der Waals surface area contributed by atoms with Crippen LogP contribution >= 0.6 is 0 Å². The molecule has 3 amide bonds. The Hall–Kier alpha value is -3.35. The molecule has 0 aromatic heterocycles. The Balaban J connectivity index is 2.03. The molecule has 0 bridgehead atoms. The van der Waals surface area contributed by atoms with Crippen LogP contribution in [0.1, 0.15) is 54.0 Å². The van der Waals surface area contributed by atoms with Gasteiger partial charge in [0.25, 0.3) is 11.8 Å². The fourth-order valence-corrected chi connectivity index (χ4v) is 2.86. The molecule has 7 heteroatoms. The number of rotatable bonds is 6. The number of benzene rings is 2. The molecular weight excluding hydrogens is 394 g/mol. The number of hydrogen-bond acceptors (Lipinski definition) is 4. The molecule has 0 aliphatic carbocycles. The summed E-state index contributed by atoms with van der Waals surface area (Å²) in [6.45, 7) is 8.27. The van der Waals surface area contributed by atoms with Gasteiger partial charge in [-0.25, -0.2) is 4.79 Å². The van der Waals surface area contributed by atoms with E-state index >= 15 is 0 Å². The Labute approximate surface area is 184 Å². The summed E-state index contributed by atoms with van der Waals surface area (Å²) in [6.07, 6.45) is -0.544. The van der Waals surface area contributed by atoms with Crippen molar-refractivity contribution in [1.29, 1.82) is 0 Å². The first-order valence-corrected chi connectivity index (χ1v) is 10.2. The zero-order valence-corrected chi connectivity index (χ0v) is 19.1. The normalized spacial score (nSPS) is 10.9. The monoisotopic (exact) mass is 425 g/mol. The molecule has 166 valence electrons. The molecule has 0 saturated heterocycles. The Bertz CT molecular complexity index is 913. The third-order valence-corrected chi connectivity index (χ3v) is 4.43. The van der Waals surface area contributed by atoms with Gasteiger partial charge in [0.2, 0.25) is 0 Å². The highest BCUT2D eigenvalue weighted by atomic mass is 16.6. The van der Waals surface area contributed by atoms with Crippen LogP contribution < -0.4 is 5.32 Å². The van der Waals surface area contributed by atoms with Gasteiger partial charge < -0.3 is 14.5 Å². The molecule has 0 heterocycles. The van der Waals surface area contributed by atoms with Gasteiger partial charge in [0, 0.05) is 44.0 Å². The second-order valence-corrected chi connectivity index (χ2v) is 8.42. The first-order valence-electron chi connectivity index (χ1n) is 10.2. The zero-order valence-electron chi connectivity index (χ0n) is 19.1. The minimum absolute atomic E-state index is 0.0601. The molecule has 0 unspecified atom stereocenters. The van der Waals surface area contributed by atoms with Crippen molar-refractivity contribution < 1.29 is 19.1 Å². The van der Waals surface area contributed by atoms with Gasteiger partial charge >= 0.3 is 6.09 Å². The van der Waals surface area contributed by atoms with Crippen LogP contribution in [0, 0.1) is 0 Å². The number of carbonyl (C=O) groups is 3. The molecule has 2 aromatic carbocycles. The Morgan fingerprint density at radius 1 is 0.871 bits per heavy atom. The highest BCUT2D eigenvalue weighted by Gasteiger charge is 2.18. The van der Waals surface area contributed by atoms with E-state index in [1.807, 2.05) is 19.1 Å². The Morgan fingerprint density at radius 3 is 1.87 bits per heavy atom. The lowest BCUT2D eigenvalue weighted by Gasteiger charge is -2.22. The van der Waals surface area contributed by atoms with Crippen molar-refractivity contribution in [1.82, 2.24) is 9.80 Å². The van der Waals surface area contributed by atoms with Crippen molar-refractivity contribution in [2.45, 2.75) is 39.8 Å². The van der Waals surface area contributed by atoms with Crippen molar-refractivity contribution in [3.63, 3.8) is 0 Å². The summed E-state index contributed by atoms with van der Waals surface area (Å²) in [6, 6.07) is 14.0. The number of amides is 3. The van der Waals surface area contributed by atoms with Crippen molar-refractivity contribution >= 4 is 23.6 Å². The summed E-state index contributed by atoms with van der Waals surface area (Å²) in [5.74, 6) is -0.171. The van der Waals surface area contributed by atoms with Gasteiger partial charge in [-0.15, -0.1) is 0 Å². The predicted molar refractivity (Wildman–Crippen MR) is 121 cm³/mol. The molecule has 2 aromatic rings. The molecule has 1 N–H and O–H groups in total. The van der Waals surface area contributed by atoms with Crippen LogP contribution in [-0.2, 0) is 11.3 Å². The average molecular weight is 426 g/mol. The van der Waals surface area contributed by atoms with E-state index in [1.165, 1.54) is 4.90 Å². The van der Waals surface area contributed by atoms with Gasteiger partial charge in [0.15, 0.2) is 0 Å². The van der Waals surface area contributed by atoms with Gasteiger partial charge in [-0.3, -0.25) is 14.9 Å². The number of ether oxygens (including phenoxy) is 1. The number of hydrogen-bond donors (Lipinski definition) is 1. The maximum atomic E-state index is 12.9. The van der Waals surface area contributed by atoms with E-state index in [1.54, 1.807) is 76.2 Å². The number of carbonyl (C=O) groups excluding carboxylic acids is 3. The zero-order chi connectivity index (χ0) is 23.2. The fourth-order valence-electron chi connectivity index (χ4n) is 2.86. The van der Waals surface area contributed by atoms with E-state index in [0.29, 0.717) is 29.9 Å². The largest absolute Gasteiger partial charge is 0.444 e. The first-order chi connectivity index (χ1) is 14.5. The number of nitrogens with one attached hydrogen (secondary N) is 1. The minimum atomic E-state index is -0.584. The van der Waals surface area contributed by atoms with Gasteiger partial charge in [-0.1, -0.05) is 12.1 Å². The van der Waals surface area contributed by atoms with Crippen molar-refractivity contribution in [3.05, 3.63) is 65.2 Å². The van der Waals surface area contributed by atoms with Gasteiger partial charge in [0.05, 0.1) is 0 Å². The lowest BCUT2D eigenvalue weighted by Crippen LogP contribution is -2.30. The summed E-state index contributed by atoms with van der Waals surface area (Å²) in [5, 5.41) is 2.65. The summed E-state index contributed by atoms with van der Waals surface area (Å²) in [5.41, 5.74) is 2.04. The first kappa shape index (κ1) is 23.9. The summed E-state index contributed by atoms with van der Waals surface area (Å²) >= 11 is 0. The molecule has 0 spiro atoms. The maximum absolute atomic E-state index is 12.9. The van der Waals surface area contributed by atoms with E-state index < -0.39 is 11.7 Å². The second-order valence-electron chi connectivity index (χ2n) is 8.42. The molecule has 0 saturated carbocycles. The van der Waals surface area contributed by atoms with E-state index in [9.17, 15) is 14.4 Å². The Kier molecular flexibility index (Phi) is 7.80. The highest BCUT2D eigenvalue weighted by Crippen LogP contribution is 2.16. The molecule has 0 atom stereocenters. The third kappa shape index (κ3) is 7.13. The quantitative estimate of drug-likeness (QED) is 0.744. The predicted octanol–water partition coefficient (Wildman–Crippen LogP) is 4.40. The van der Waals surface area contributed by atoms with Crippen LogP contribution in [0.15, 0.2) is 48.5 Å². The fraction of sp³-hybridized carbons (Fsp3) is 0.375. The summed E-state index contributed by atoms with van der Waals surface area (Å²) in [4.78, 5) is 40.1. The lowest BCUT2D eigenvalue weighted by atomic mass is 10.1. The summed E-state index contributed by atoms with van der Waals surface area (Å²) < 4.78 is 5.23. The molecule has 0 fully saturated rings. The van der Waals surface area contributed by atoms with Crippen LogP contribution in [0.5, 0.6) is 0 Å². The molecule has 31 heavy (non-hydrogen) atoms. The second kappa shape index (κ2) is 10.1. The molecule has 2 rings (SSSR count). The average Bonchev–Trinajstić information content (AvgIpc) is 2.70. The Morgan fingerprint density at radius 2 is 1.39 bits per heavy atom. The summed E-state index contributed by atoms with van der Waals surface area (Å²) in [7, 11) is 3.42. The molecule has 0 aliphatic heterocycles. The lowest BCUT2D eigenvalue weighted by molar-refractivity contribution is 0.0635. The van der Waals surface area contributed by atoms with Crippen LogP contribution in [-0.4, -0.2) is 53.9 Å². The minimum Gasteiger partial charge on any atom is -0.444 e. The molecule has 0 aliphatic rings. The smallest absolute Gasteiger partial charge is 0.412 e. The van der Waals surface area contributed by atoms with E-state index in [4.69, 9.17) is 4.74 Å². The van der Waals surface area contributed by atoms with Crippen LogP contribution in [0.4, 0.5) is 10.5 Å². The number of nitrogens with zero attached hydrogens (tertiary/aromatic N) is 2. The van der Waals surface area contributed by atoms with Crippen LogP contribution in [0.25, 0.3) is 0 Å². The molecule has 7 nitrogen and oxygen atoms in total. The highest BCUT2D eigenvalue weighted by molar-refractivity contribution is 5.95. The van der Waals surface area contributed by atoms with Gasteiger partial charge in [0.1, 0.15) is 5.60 Å². The van der Waals surface area contributed by atoms with E-state index in [0.717, 1.165) is 5.56 Å². The standard InChI is InChI=1S/C24H31N3O4/c1-7-27(16-17-8-10-18(11-9-17)21(28)26(5)6)22(29)19-12-14-20(15-13-19)25-23(30)31-24(2,3)4/h8-15H,7,16H2,1-6H3,(H,25,30). The SMILES string of the molecule is CCN(Cc1ccc(C(=O)N(C)C)cc1)C(=O)c1ccc(NC(=O)OC(C)(C)C)cc1. The topological polar surface area (TPSA) is 79.0 Å². The van der Waals surface area contributed by atoms with Crippen molar-refractivity contribution in [3.8, 4) is 0 Å².